The second-order valence-corrected chi connectivity index (χ2v) is 4.30. The Kier molecular flexibility index (Phi) is 5.17. The number of nitrogens with one attached hydrogen (secondary N) is 2. The fraction of sp³-hybridized carbons (Fsp3) is 0.900. The highest BCUT2D eigenvalue weighted by atomic mass is 16.1. The molecule has 1 rings (SSSR count). The van der Waals surface area contributed by atoms with E-state index in [4.69, 9.17) is 0 Å². The molecule has 88 valence electrons. The molecule has 1 saturated heterocycles. The zero-order valence-corrected chi connectivity index (χ0v) is 9.92. The van der Waals surface area contributed by atoms with Crippen molar-refractivity contribution in [1.82, 2.24) is 20.9 Å². The van der Waals surface area contributed by atoms with Crippen LogP contribution in [0.3, 0.4) is 0 Å². The molecule has 1 atom stereocenters. The standard InChI is InChI=1S/C10H22N4O/c1-9(15)10(5-8-13(2)3)14-7-4-6-11-12-14/h10-12H,4-8H2,1-3H3. The lowest BCUT2D eigenvalue weighted by molar-refractivity contribution is -0.125. The van der Waals surface area contributed by atoms with E-state index in [0.717, 1.165) is 32.5 Å². The van der Waals surface area contributed by atoms with E-state index in [2.05, 4.69) is 15.9 Å². The molecule has 0 radical (unpaired) electrons. The summed E-state index contributed by atoms with van der Waals surface area (Å²) < 4.78 is 0. The number of hydrazine groups is 2. The molecule has 0 saturated carbocycles. The molecular formula is C10H22N4O. The molecule has 0 bridgehead atoms. The molecule has 0 aliphatic carbocycles. The van der Waals surface area contributed by atoms with Gasteiger partial charge >= 0.3 is 0 Å². The smallest absolute Gasteiger partial charge is 0.148 e. The lowest BCUT2D eigenvalue weighted by Gasteiger charge is -2.34. The molecule has 0 aromatic carbocycles. The predicted octanol–water partition coefficient (Wildman–Crippen LogP) is -0.389. The molecule has 2 N–H and O–H groups in total. The van der Waals surface area contributed by atoms with Crippen LogP contribution in [0.5, 0.6) is 0 Å². The van der Waals surface area contributed by atoms with Gasteiger partial charge in [0, 0.05) is 13.1 Å². The fourth-order valence-electron chi connectivity index (χ4n) is 1.74. The number of carbonyl (C=O) groups is 1. The molecule has 1 unspecified atom stereocenters. The Morgan fingerprint density at radius 3 is 2.73 bits per heavy atom. The van der Waals surface area contributed by atoms with Crippen molar-refractivity contribution in [3.8, 4) is 0 Å². The van der Waals surface area contributed by atoms with E-state index >= 15 is 0 Å². The predicted molar refractivity (Wildman–Crippen MR) is 60.1 cm³/mol. The van der Waals surface area contributed by atoms with E-state index in [0.29, 0.717) is 0 Å². The first kappa shape index (κ1) is 12.6. The van der Waals surface area contributed by atoms with Crippen molar-refractivity contribution in [1.29, 1.82) is 0 Å². The normalized spacial score (nSPS) is 20.5. The average Bonchev–Trinajstić information content (AvgIpc) is 2.18. The van der Waals surface area contributed by atoms with Crippen molar-refractivity contribution in [3.63, 3.8) is 0 Å². The third kappa shape index (κ3) is 4.25. The maximum Gasteiger partial charge on any atom is 0.148 e. The van der Waals surface area contributed by atoms with Crippen LogP contribution in [-0.2, 0) is 4.79 Å². The Hall–Kier alpha value is -0.490. The van der Waals surface area contributed by atoms with Gasteiger partial charge in [0.15, 0.2) is 0 Å². The van der Waals surface area contributed by atoms with Crippen LogP contribution < -0.4 is 11.0 Å². The van der Waals surface area contributed by atoms with Gasteiger partial charge in [0.25, 0.3) is 0 Å². The topological polar surface area (TPSA) is 47.6 Å². The van der Waals surface area contributed by atoms with Crippen LogP contribution in [0, 0.1) is 0 Å². The summed E-state index contributed by atoms with van der Waals surface area (Å²) in [5.74, 6) is 0.230. The number of rotatable bonds is 5. The fourth-order valence-corrected chi connectivity index (χ4v) is 1.74. The molecule has 0 amide bonds. The van der Waals surface area contributed by atoms with E-state index in [-0.39, 0.29) is 11.8 Å². The van der Waals surface area contributed by atoms with Crippen molar-refractivity contribution in [2.45, 2.75) is 25.8 Å². The second-order valence-electron chi connectivity index (χ2n) is 4.30. The molecule has 1 aliphatic heterocycles. The first-order valence-corrected chi connectivity index (χ1v) is 5.51. The van der Waals surface area contributed by atoms with Gasteiger partial charge < -0.3 is 4.90 Å². The van der Waals surface area contributed by atoms with Gasteiger partial charge in [-0.15, -0.1) is 0 Å². The molecule has 1 heterocycles. The quantitative estimate of drug-likeness (QED) is 0.653. The zero-order chi connectivity index (χ0) is 11.3. The summed E-state index contributed by atoms with van der Waals surface area (Å²) in [6.07, 6.45) is 1.95. The van der Waals surface area contributed by atoms with Crippen molar-refractivity contribution in [2.75, 3.05) is 33.7 Å². The lowest BCUT2D eigenvalue weighted by atomic mass is 10.1. The number of Topliss-reactive ketones (excluding diaryl/α,β-unsaturated/α-hetero) is 1. The van der Waals surface area contributed by atoms with Crippen LogP contribution in [0.1, 0.15) is 19.8 Å². The zero-order valence-electron chi connectivity index (χ0n) is 9.92. The maximum absolute atomic E-state index is 11.5. The minimum Gasteiger partial charge on any atom is -0.309 e. The van der Waals surface area contributed by atoms with E-state index in [9.17, 15) is 4.79 Å². The van der Waals surface area contributed by atoms with Gasteiger partial charge in [-0.3, -0.25) is 4.79 Å². The monoisotopic (exact) mass is 214 g/mol. The average molecular weight is 214 g/mol. The van der Waals surface area contributed by atoms with E-state index in [1.165, 1.54) is 0 Å². The van der Waals surface area contributed by atoms with E-state index in [1.54, 1.807) is 6.92 Å². The van der Waals surface area contributed by atoms with Gasteiger partial charge in [0.05, 0.1) is 6.04 Å². The number of carbonyl (C=O) groups excluding carboxylic acids is 1. The number of nitrogens with zero attached hydrogens (tertiary/aromatic N) is 2. The van der Waals surface area contributed by atoms with Crippen LogP contribution in [0.2, 0.25) is 0 Å². The third-order valence-corrected chi connectivity index (χ3v) is 2.62. The van der Waals surface area contributed by atoms with Gasteiger partial charge in [-0.05, 0) is 40.4 Å². The number of hydrogen-bond acceptors (Lipinski definition) is 5. The Morgan fingerprint density at radius 1 is 1.53 bits per heavy atom. The minimum atomic E-state index is -0.0137. The molecule has 0 spiro atoms. The van der Waals surface area contributed by atoms with E-state index in [1.807, 2.05) is 19.1 Å². The molecule has 1 aliphatic rings. The first-order chi connectivity index (χ1) is 7.11. The van der Waals surface area contributed by atoms with Crippen molar-refractivity contribution >= 4 is 5.78 Å². The summed E-state index contributed by atoms with van der Waals surface area (Å²) in [4.78, 5) is 13.6. The highest BCUT2D eigenvalue weighted by molar-refractivity contribution is 5.81. The summed E-state index contributed by atoms with van der Waals surface area (Å²) in [6, 6.07) is -0.0137. The highest BCUT2D eigenvalue weighted by Gasteiger charge is 2.23. The second kappa shape index (κ2) is 6.17. The van der Waals surface area contributed by atoms with Crippen LogP contribution >= 0.6 is 0 Å². The number of ketones is 1. The highest BCUT2D eigenvalue weighted by Crippen LogP contribution is 2.06. The molecular weight excluding hydrogens is 192 g/mol. The first-order valence-electron chi connectivity index (χ1n) is 5.51. The van der Waals surface area contributed by atoms with Crippen LogP contribution in [0.15, 0.2) is 0 Å². The van der Waals surface area contributed by atoms with Crippen LogP contribution in [0.25, 0.3) is 0 Å². The Bertz CT molecular complexity index is 202. The molecule has 0 aromatic heterocycles. The van der Waals surface area contributed by atoms with Gasteiger partial charge in [-0.2, -0.15) is 5.53 Å². The van der Waals surface area contributed by atoms with Crippen molar-refractivity contribution < 1.29 is 4.79 Å². The van der Waals surface area contributed by atoms with Crippen LogP contribution in [0.4, 0.5) is 0 Å². The molecule has 1 fully saturated rings. The largest absolute Gasteiger partial charge is 0.309 e. The van der Waals surface area contributed by atoms with Gasteiger partial charge in [-0.1, -0.05) is 0 Å². The summed E-state index contributed by atoms with van der Waals surface area (Å²) in [6.45, 7) is 4.50. The maximum atomic E-state index is 11.5. The van der Waals surface area contributed by atoms with E-state index < -0.39 is 0 Å². The molecule has 15 heavy (non-hydrogen) atoms. The SMILES string of the molecule is CC(=O)C(CCN(C)C)N1CCCNN1. The summed E-state index contributed by atoms with van der Waals surface area (Å²) in [5.41, 5.74) is 6.14. The number of hydrogen-bond donors (Lipinski definition) is 2. The third-order valence-electron chi connectivity index (χ3n) is 2.62. The molecule has 5 nitrogen and oxygen atoms in total. The minimum absolute atomic E-state index is 0.0137. The Balaban J connectivity index is 2.44. The molecule has 0 aromatic rings. The Labute approximate surface area is 91.7 Å². The molecule has 5 heteroatoms. The summed E-state index contributed by atoms with van der Waals surface area (Å²) in [7, 11) is 4.05. The van der Waals surface area contributed by atoms with Crippen molar-refractivity contribution in [2.24, 2.45) is 0 Å². The van der Waals surface area contributed by atoms with Gasteiger partial charge in [0.1, 0.15) is 5.78 Å². The Morgan fingerprint density at radius 2 is 2.27 bits per heavy atom. The van der Waals surface area contributed by atoms with Gasteiger partial charge in [0.2, 0.25) is 0 Å². The lowest BCUT2D eigenvalue weighted by Crippen LogP contribution is -2.58. The van der Waals surface area contributed by atoms with Crippen molar-refractivity contribution in [3.05, 3.63) is 0 Å². The van der Waals surface area contributed by atoms with Crippen LogP contribution in [-0.4, -0.2) is 55.5 Å². The van der Waals surface area contributed by atoms with Gasteiger partial charge in [-0.25, -0.2) is 10.4 Å². The summed E-state index contributed by atoms with van der Waals surface area (Å²) in [5, 5.41) is 2.01. The summed E-state index contributed by atoms with van der Waals surface area (Å²) >= 11 is 0.